The van der Waals surface area contributed by atoms with Crippen LogP contribution in [0.25, 0.3) is 5.69 Å². The summed E-state index contributed by atoms with van der Waals surface area (Å²) in [5, 5.41) is 22.3. The minimum atomic E-state index is -0.464. The lowest BCUT2D eigenvalue weighted by atomic mass is 9.78. The number of nitro groups is 1. The van der Waals surface area contributed by atoms with E-state index in [-0.39, 0.29) is 17.3 Å². The molecule has 9 heteroatoms. The van der Waals surface area contributed by atoms with E-state index in [1.807, 2.05) is 4.90 Å². The summed E-state index contributed by atoms with van der Waals surface area (Å²) in [5.74, 6) is -0.137. The molecule has 1 spiro atoms. The van der Waals surface area contributed by atoms with Crippen LogP contribution in [0.3, 0.4) is 0 Å². The van der Waals surface area contributed by atoms with Crippen molar-refractivity contribution in [3.8, 4) is 5.69 Å². The van der Waals surface area contributed by atoms with Crippen molar-refractivity contribution in [2.45, 2.75) is 19.3 Å². The van der Waals surface area contributed by atoms with E-state index < -0.39 is 4.92 Å². The molecule has 2 fully saturated rings. The van der Waals surface area contributed by atoms with Gasteiger partial charge in [0.05, 0.1) is 16.8 Å². The third-order valence-electron chi connectivity index (χ3n) is 5.46. The van der Waals surface area contributed by atoms with E-state index in [0.717, 1.165) is 39.0 Å². The van der Waals surface area contributed by atoms with E-state index in [4.69, 9.17) is 0 Å². The molecule has 0 radical (unpaired) electrons. The lowest BCUT2D eigenvalue weighted by Crippen LogP contribution is -2.44. The maximum Gasteiger partial charge on any atom is 0.276 e. The maximum absolute atomic E-state index is 12.7. The first-order chi connectivity index (χ1) is 12.6. The van der Waals surface area contributed by atoms with Gasteiger partial charge in [-0.2, -0.15) is 0 Å². The molecule has 1 aromatic heterocycles. The van der Waals surface area contributed by atoms with Crippen molar-refractivity contribution in [1.82, 2.24) is 25.2 Å². The van der Waals surface area contributed by atoms with Crippen LogP contribution < -0.4 is 5.32 Å². The van der Waals surface area contributed by atoms with Crippen molar-refractivity contribution in [3.63, 3.8) is 0 Å². The number of piperidine rings is 1. The number of hydrogen-bond acceptors (Lipinski definition) is 6. The van der Waals surface area contributed by atoms with Gasteiger partial charge in [0.25, 0.3) is 11.6 Å². The zero-order valence-corrected chi connectivity index (χ0v) is 14.3. The molecule has 9 nitrogen and oxygen atoms in total. The molecule has 2 aromatic rings. The van der Waals surface area contributed by atoms with Gasteiger partial charge in [-0.1, -0.05) is 11.3 Å². The van der Waals surface area contributed by atoms with Crippen LogP contribution in [0, 0.1) is 15.5 Å². The van der Waals surface area contributed by atoms with E-state index in [1.165, 1.54) is 29.4 Å². The number of nitrogens with one attached hydrogen (secondary N) is 1. The zero-order valence-electron chi connectivity index (χ0n) is 14.3. The number of carbonyl (C=O) groups excluding carboxylic acids is 1. The van der Waals surface area contributed by atoms with Gasteiger partial charge in [-0.3, -0.25) is 14.9 Å². The number of rotatable bonds is 3. The molecular formula is C17H20N6O3. The highest BCUT2D eigenvalue weighted by molar-refractivity contribution is 5.92. The molecule has 0 bridgehead atoms. The van der Waals surface area contributed by atoms with Gasteiger partial charge in [0.15, 0.2) is 5.69 Å². The van der Waals surface area contributed by atoms with Crippen LogP contribution in [-0.4, -0.2) is 56.9 Å². The number of nitro benzene ring substituents is 1. The van der Waals surface area contributed by atoms with E-state index in [2.05, 4.69) is 15.6 Å². The Labute approximate surface area is 150 Å². The van der Waals surface area contributed by atoms with Crippen molar-refractivity contribution in [3.05, 3.63) is 46.3 Å². The van der Waals surface area contributed by atoms with Gasteiger partial charge in [0.2, 0.25) is 0 Å². The van der Waals surface area contributed by atoms with E-state index >= 15 is 0 Å². The summed E-state index contributed by atoms with van der Waals surface area (Å²) in [5.41, 5.74) is 1.08. The second-order valence-corrected chi connectivity index (χ2v) is 7.04. The van der Waals surface area contributed by atoms with E-state index in [1.54, 1.807) is 12.1 Å². The Morgan fingerprint density at radius 3 is 2.77 bits per heavy atom. The fraction of sp³-hybridized carbons (Fsp3) is 0.471. The lowest BCUT2D eigenvalue weighted by Gasteiger charge is -2.38. The van der Waals surface area contributed by atoms with Crippen molar-refractivity contribution >= 4 is 11.6 Å². The minimum absolute atomic E-state index is 0.0302. The molecule has 4 rings (SSSR count). The normalized spacial score (nSPS) is 19.0. The zero-order chi connectivity index (χ0) is 18.1. The average molecular weight is 356 g/mol. The fourth-order valence-corrected chi connectivity index (χ4v) is 3.81. The molecule has 2 saturated heterocycles. The number of aromatic nitrogens is 3. The van der Waals surface area contributed by atoms with Gasteiger partial charge in [0.1, 0.15) is 0 Å². The Bertz CT molecular complexity index is 833. The summed E-state index contributed by atoms with van der Waals surface area (Å²) in [7, 11) is 0. The van der Waals surface area contributed by atoms with Crippen LogP contribution >= 0.6 is 0 Å². The highest BCUT2D eigenvalue weighted by Crippen LogP contribution is 2.37. The summed E-state index contributed by atoms with van der Waals surface area (Å²) < 4.78 is 1.40. The number of carbonyl (C=O) groups is 1. The summed E-state index contributed by atoms with van der Waals surface area (Å²) in [6, 6.07) is 6.08. The van der Waals surface area contributed by atoms with Gasteiger partial charge >= 0.3 is 0 Å². The molecule has 2 aliphatic rings. The second-order valence-electron chi connectivity index (χ2n) is 7.04. The summed E-state index contributed by atoms with van der Waals surface area (Å²) in [4.78, 5) is 25.0. The van der Waals surface area contributed by atoms with Gasteiger partial charge < -0.3 is 10.2 Å². The Kier molecular flexibility index (Phi) is 4.15. The minimum Gasteiger partial charge on any atom is -0.337 e. The molecule has 1 amide bonds. The quantitative estimate of drug-likeness (QED) is 0.658. The standard InChI is InChI=1S/C17H20N6O3/c24-16(21-8-5-17(6-9-21)4-7-18-12-17)15-11-22(20-19-15)13-2-1-3-14(10-13)23(25)26/h1-3,10-11,18H,4-9,12H2. The summed E-state index contributed by atoms with van der Waals surface area (Å²) >= 11 is 0. The topological polar surface area (TPSA) is 106 Å². The van der Waals surface area contributed by atoms with Crippen LogP contribution in [0.15, 0.2) is 30.5 Å². The third kappa shape index (κ3) is 3.05. The second kappa shape index (κ2) is 6.49. The Balaban J connectivity index is 1.47. The van der Waals surface area contributed by atoms with Crippen LogP contribution in [0.5, 0.6) is 0 Å². The molecule has 136 valence electrons. The molecule has 26 heavy (non-hydrogen) atoms. The molecule has 0 saturated carbocycles. The first-order valence-corrected chi connectivity index (χ1v) is 8.74. The number of amides is 1. The number of benzene rings is 1. The van der Waals surface area contributed by atoms with Crippen LogP contribution in [0.2, 0.25) is 0 Å². The predicted molar refractivity (Wildman–Crippen MR) is 93.1 cm³/mol. The number of likely N-dealkylation sites (tertiary alicyclic amines) is 1. The number of non-ortho nitro benzene ring substituents is 1. The van der Waals surface area contributed by atoms with Crippen LogP contribution in [0.4, 0.5) is 5.69 Å². The average Bonchev–Trinajstić information content (AvgIpc) is 3.32. The van der Waals surface area contributed by atoms with Gasteiger partial charge in [-0.15, -0.1) is 5.10 Å². The van der Waals surface area contributed by atoms with Crippen LogP contribution in [-0.2, 0) is 0 Å². The Hall–Kier alpha value is -2.81. The molecular weight excluding hydrogens is 336 g/mol. The molecule has 3 heterocycles. The first kappa shape index (κ1) is 16.6. The largest absolute Gasteiger partial charge is 0.337 e. The van der Waals surface area contributed by atoms with E-state index in [9.17, 15) is 14.9 Å². The van der Waals surface area contributed by atoms with Crippen LogP contribution in [0.1, 0.15) is 29.8 Å². The predicted octanol–water partition coefficient (Wildman–Crippen LogP) is 1.39. The lowest BCUT2D eigenvalue weighted by molar-refractivity contribution is -0.384. The molecule has 0 atom stereocenters. The molecule has 1 aromatic carbocycles. The van der Waals surface area contributed by atoms with Crippen molar-refractivity contribution < 1.29 is 9.72 Å². The smallest absolute Gasteiger partial charge is 0.276 e. The van der Waals surface area contributed by atoms with Crippen molar-refractivity contribution in [1.29, 1.82) is 0 Å². The fourth-order valence-electron chi connectivity index (χ4n) is 3.81. The van der Waals surface area contributed by atoms with Gasteiger partial charge in [-0.05, 0) is 37.3 Å². The first-order valence-electron chi connectivity index (χ1n) is 8.74. The van der Waals surface area contributed by atoms with E-state index in [0.29, 0.717) is 11.1 Å². The highest BCUT2D eigenvalue weighted by Gasteiger charge is 2.38. The molecule has 0 aliphatic carbocycles. The SMILES string of the molecule is O=C(c1cn(-c2cccc([N+](=O)[O-])c2)nn1)N1CCC2(CCNC2)CC1. The van der Waals surface area contributed by atoms with Gasteiger partial charge in [0, 0.05) is 31.8 Å². The summed E-state index contributed by atoms with van der Waals surface area (Å²) in [6.45, 7) is 3.55. The number of hydrogen-bond donors (Lipinski definition) is 1. The van der Waals surface area contributed by atoms with Crippen molar-refractivity contribution in [2.24, 2.45) is 5.41 Å². The molecule has 1 N–H and O–H groups in total. The Morgan fingerprint density at radius 2 is 2.08 bits per heavy atom. The van der Waals surface area contributed by atoms with Crippen molar-refractivity contribution in [2.75, 3.05) is 26.2 Å². The molecule has 0 unspecified atom stereocenters. The van der Waals surface area contributed by atoms with Gasteiger partial charge in [-0.25, -0.2) is 4.68 Å². The highest BCUT2D eigenvalue weighted by atomic mass is 16.6. The maximum atomic E-state index is 12.7. The monoisotopic (exact) mass is 356 g/mol. The number of nitrogens with zero attached hydrogens (tertiary/aromatic N) is 5. The molecule has 2 aliphatic heterocycles. The Morgan fingerprint density at radius 1 is 1.27 bits per heavy atom. The third-order valence-corrected chi connectivity index (χ3v) is 5.46. The summed E-state index contributed by atoms with van der Waals surface area (Å²) in [6.07, 6.45) is 4.72.